The Labute approximate surface area is 385 Å². The van der Waals surface area contributed by atoms with E-state index in [2.05, 4.69) is 218 Å². The number of unbranched alkanes of at least 4 members (excludes halogenated alkanes) is 5. The van der Waals surface area contributed by atoms with Gasteiger partial charge in [0.05, 0.1) is 12.0 Å². The number of hydrogen-bond acceptors (Lipinski definition) is 2. The molecule has 2 heterocycles. The number of pyridine rings is 2. The fourth-order valence-corrected chi connectivity index (χ4v) is 8.75. The molecule has 5 nitrogen and oxygen atoms in total. The summed E-state index contributed by atoms with van der Waals surface area (Å²) in [6.45, 7) is 23.1. The summed E-state index contributed by atoms with van der Waals surface area (Å²) in [5.41, 5.74) is 11.0. The van der Waals surface area contributed by atoms with Gasteiger partial charge in [-0.25, -0.2) is 9.13 Å². The first-order chi connectivity index (χ1) is 30.4. The lowest BCUT2D eigenvalue weighted by molar-refractivity contribution is -0.697. The van der Waals surface area contributed by atoms with Crippen molar-refractivity contribution in [1.29, 1.82) is 0 Å². The number of hydrogen-bond donors (Lipinski definition) is 1. The predicted molar refractivity (Wildman–Crippen MR) is 263 cm³/mol. The normalized spacial score (nSPS) is 12.3. The van der Waals surface area contributed by atoms with Gasteiger partial charge in [0.2, 0.25) is 0 Å². The van der Waals surface area contributed by atoms with Gasteiger partial charge in [0.15, 0.2) is 24.8 Å². The minimum atomic E-state index is -0.713. The Morgan fingerprint density at radius 3 is 1.08 bits per heavy atom. The molecule has 0 spiro atoms. The first kappa shape index (κ1) is 47.9. The van der Waals surface area contributed by atoms with Gasteiger partial charge in [0, 0.05) is 43.5 Å². The highest BCUT2D eigenvalue weighted by Gasteiger charge is 2.39. The number of benzene rings is 4. The van der Waals surface area contributed by atoms with Gasteiger partial charge in [0.1, 0.15) is 18.8 Å². The number of ether oxygens (including phenoxy) is 1. The molecule has 6 rings (SSSR count). The van der Waals surface area contributed by atoms with Gasteiger partial charge in [-0.05, 0) is 111 Å². The lowest BCUT2D eigenvalue weighted by Gasteiger charge is -2.38. The quantitative estimate of drug-likeness (QED) is 0.0501. The van der Waals surface area contributed by atoms with E-state index in [0.717, 1.165) is 63.8 Å². The van der Waals surface area contributed by atoms with E-state index < -0.39 is 11.4 Å². The van der Waals surface area contributed by atoms with Crippen molar-refractivity contribution in [3.63, 3.8) is 0 Å². The monoisotopic (exact) mass is 859 g/mol. The summed E-state index contributed by atoms with van der Waals surface area (Å²) in [4.78, 5) is 10.7. The lowest BCUT2D eigenvalue weighted by Crippen LogP contribution is -2.33. The SMILES string of the molecule is CC(C)(C)c1ccc(C(c2ccc(OCCCCCC[n+]3ccc(-c4cc[n+](CCCCCC(=O)O)cc4)cc3)cc2)(c2ccc(C(C)(C)C)cc2)c2ccc(C(C)(C)C)cc2)cc1. The van der Waals surface area contributed by atoms with Gasteiger partial charge in [-0.1, -0.05) is 147 Å². The average Bonchev–Trinajstić information content (AvgIpc) is 3.27. The first-order valence-electron chi connectivity index (χ1n) is 23.7. The molecule has 5 heteroatoms. The van der Waals surface area contributed by atoms with E-state index >= 15 is 0 Å². The fraction of sp³-hybridized carbons (Fsp3) is 0.407. The van der Waals surface area contributed by atoms with E-state index in [4.69, 9.17) is 9.84 Å². The summed E-state index contributed by atoms with van der Waals surface area (Å²) in [5, 5.41) is 8.83. The van der Waals surface area contributed by atoms with Gasteiger partial charge in [0.25, 0.3) is 0 Å². The Morgan fingerprint density at radius 2 is 0.734 bits per heavy atom. The number of carboxylic acid groups (broad SMARTS) is 1. The van der Waals surface area contributed by atoms with Crippen LogP contribution in [0.1, 0.15) is 153 Å². The fourth-order valence-electron chi connectivity index (χ4n) is 8.75. The second-order valence-corrected chi connectivity index (χ2v) is 20.9. The van der Waals surface area contributed by atoms with Crippen LogP contribution in [-0.4, -0.2) is 17.7 Å². The Hall–Kier alpha value is -5.55. The highest BCUT2D eigenvalue weighted by Crippen LogP contribution is 2.47. The molecule has 64 heavy (non-hydrogen) atoms. The Bertz CT molecular complexity index is 2220. The van der Waals surface area contributed by atoms with Gasteiger partial charge in [-0.2, -0.15) is 0 Å². The maximum atomic E-state index is 10.7. The molecule has 336 valence electrons. The highest BCUT2D eigenvalue weighted by atomic mass is 16.5. The van der Waals surface area contributed by atoms with Gasteiger partial charge in [-0.3, -0.25) is 4.79 Å². The number of nitrogens with zero attached hydrogens (tertiary/aromatic N) is 2. The van der Waals surface area contributed by atoms with E-state index in [1.165, 1.54) is 50.1 Å². The van der Waals surface area contributed by atoms with Crippen LogP contribution >= 0.6 is 0 Å². The third-order valence-electron chi connectivity index (χ3n) is 12.8. The van der Waals surface area contributed by atoms with Gasteiger partial charge < -0.3 is 9.84 Å². The maximum absolute atomic E-state index is 10.7. The van der Waals surface area contributed by atoms with Crippen LogP contribution in [0.4, 0.5) is 0 Å². The van der Waals surface area contributed by atoms with Crippen LogP contribution in [0.2, 0.25) is 0 Å². The minimum absolute atomic E-state index is 0.0541. The molecular formula is C59H74N2O3+2. The van der Waals surface area contributed by atoms with Crippen molar-refractivity contribution in [3.8, 4) is 16.9 Å². The zero-order chi connectivity index (χ0) is 46.0. The molecule has 0 saturated carbocycles. The molecule has 0 aliphatic rings. The molecule has 0 unspecified atom stereocenters. The average molecular weight is 859 g/mol. The van der Waals surface area contributed by atoms with Gasteiger partial charge >= 0.3 is 5.97 Å². The Balaban J connectivity index is 1.09. The number of rotatable bonds is 19. The summed E-state index contributed by atoms with van der Waals surface area (Å²) in [7, 11) is 0. The molecule has 0 saturated heterocycles. The molecule has 6 aromatic rings. The van der Waals surface area contributed by atoms with Crippen LogP contribution in [0, 0.1) is 0 Å². The standard InChI is InChI=1S/C59H73N2O3/c1-56(2,3)47-18-24-50(25-19-47)59(51-26-20-48(21-27-51)57(4,5)6,52-28-22-49(23-29-52)58(7,8)9)53-30-32-54(33-31-53)64-44-16-11-10-14-38-60-40-34-45(35-41-60)46-36-42-61(43-37-46)39-15-12-13-17-55(62)63/h18-37,40-43H,10-17,38-39,44H2,1-9H3/q+1/p+1. The maximum Gasteiger partial charge on any atom is 0.303 e. The van der Waals surface area contributed by atoms with E-state index in [1.807, 2.05) is 0 Å². The summed E-state index contributed by atoms with van der Waals surface area (Å²) in [6, 6.07) is 45.7. The molecule has 0 aliphatic carbocycles. The third kappa shape index (κ3) is 12.4. The summed E-state index contributed by atoms with van der Waals surface area (Å²) in [5.74, 6) is 0.193. The van der Waals surface area contributed by atoms with Crippen LogP contribution < -0.4 is 13.9 Å². The smallest absolute Gasteiger partial charge is 0.303 e. The van der Waals surface area contributed by atoms with Crippen molar-refractivity contribution >= 4 is 5.97 Å². The van der Waals surface area contributed by atoms with E-state index in [-0.39, 0.29) is 22.7 Å². The predicted octanol–water partition coefficient (Wildman–Crippen LogP) is 13.5. The molecular weight excluding hydrogens is 785 g/mol. The van der Waals surface area contributed by atoms with Crippen LogP contribution in [0.3, 0.4) is 0 Å². The largest absolute Gasteiger partial charge is 0.494 e. The summed E-state index contributed by atoms with van der Waals surface area (Å²) in [6.07, 6.45) is 15.9. The Morgan fingerprint density at radius 1 is 0.422 bits per heavy atom. The number of carboxylic acids is 1. The van der Waals surface area contributed by atoms with Crippen LogP contribution in [0.25, 0.3) is 11.1 Å². The van der Waals surface area contributed by atoms with E-state index in [1.54, 1.807) is 0 Å². The molecule has 0 atom stereocenters. The summed E-state index contributed by atoms with van der Waals surface area (Å²) < 4.78 is 10.8. The van der Waals surface area contributed by atoms with Crippen molar-refractivity contribution < 1.29 is 23.8 Å². The lowest BCUT2D eigenvalue weighted by atomic mass is 9.64. The van der Waals surface area contributed by atoms with Crippen molar-refractivity contribution in [2.24, 2.45) is 0 Å². The second-order valence-electron chi connectivity index (χ2n) is 20.9. The molecule has 0 bridgehead atoms. The molecule has 1 N–H and O–H groups in total. The molecule has 0 amide bonds. The van der Waals surface area contributed by atoms with Crippen molar-refractivity contribution in [2.45, 2.75) is 148 Å². The van der Waals surface area contributed by atoms with Crippen LogP contribution in [-0.2, 0) is 39.5 Å². The minimum Gasteiger partial charge on any atom is -0.494 e. The van der Waals surface area contributed by atoms with Gasteiger partial charge in [-0.15, -0.1) is 0 Å². The molecule has 2 aromatic heterocycles. The highest BCUT2D eigenvalue weighted by molar-refractivity contribution is 5.66. The summed E-state index contributed by atoms with van der Waals surface area (Å²) >= 11 is 0. The van der Waals surface area contributed by atoms with Crippen molar-refractivity contribution in [2.75, 3.05) is 6.61 Å². The molecule has 0 aliphatic heterocycles. The zero-order valence-electron chi connectivity index (χ0n) is 40.3. The van der Waals surface area contributed by atoms with Crippen LogP contribution in [0.5, 0.6) is 5.75 Å². The molecule has 4 aromatic carbocycles. The van der Waals surface area contributed by atoms with Crippen molar-refractivity contribution in [3.05, 3.63) is 185 Å². The number of aliphatic carboxylic acids is 1. The van der Waals surface area contributed by atoms with Crippen molar-refractivity contribution in [1.82, 2.24) is 0 Å². The molecule has 0 fully saturated rings. The Kier molecular flexibility index (Phi) is 15.7. The van der Waals surface area contributed by atoms with E-state index in [0.29, 0.717) is 6.61 Å². The number of aromatic nitrogens is 2. The molecule has 0 radical (unpaired) electrons. The first-order valence-corrected chi connectivity index (χ1v) is 23.7. The van der Waals surface area contributed by atoms with Crippen LogP contribution in [0.15, 0.2) is 146 Å². The second kappa shape index (κ2) is 21.0. The number of carbonyl (C=O) groups is 1. The number of aryl methyl sites for hydroxylation is 2. The third-order valence-corrected chi connectivity index (χ3v) is 12.8. The topological polar surface area (TPSA) is 54.3 Å². The zero-order valence-corrected chi connectivity index (χ0v) is 40.3. The van der Waals surface area contributed by atoms with E-state index in [9.17, 15) is 4.79 Å².